The van der Waals surface area contributed by atoms with E-state index in [4.69, 9.17) is 5.21 Å². The zero-order valence-electron chi connectivity index (χ0n) is 21.0. The third-order valence-electron chi connectivity index (χ3n) is 7.66. The maximum atomic E-state index is 13.7. The number of carbonyl (C=O) groups is 5. The highest BCUT2D eigenvalue weighted by Gasteiger charge is 2.61. The van der Waals surface area contributed by atoms with Gasteiger partial charge in [-0.05, 0) is 50.5 Å². The SMILES string of the molecule is C[C@@H]1NC(=O)[C@@H](Cc2ccccc2)NC(=O)C2(C[C@H]2CCCCC(=O)NO)NC(=O)[C@H]2CCCN2C1=O. The quantitative estimate of drug-likeness (QED) is 0.199. The van der Waals surface area contributed by atoms with Crippen molar-refractivity contribution in [1.29, 1.82) is 0 Å². The molecule has 0 aromatic heterocycles. The molecule has 4 rings (SSSR count). The standard InChI is InChI=1S/C26H35N5O6/c1-16-24(35)31-13-7-11-20(31)23(34)29-26(15-18(26)10-5-6-12-21(32)30-37)25(36)28-19(22(33)27-16)14-17-8-3-2-4-9-17/h2-4,8-9,16,18-20,37H,5-7,10-15H2,1H3,(H,27,33)(H,28,36)(H,29,34)(H,30,32)/t16-,18+,19+,20+,26?/m0/s1. The molecule has 11 heteroatoms. The van der Waals surface area contributed by atoms with Crippen molar-refractivity contribution in [2.24, 2.45) is 5.92 Å². The highest BCUT2D eigenvalue weighted by molar-refractivity contribution is 6.01. The van der Waals surface area contributed by atoms with Crippen molar-refractivity contribution in [3.8, 4) is 0 Å². The van der Waals surface area contributed by atoms with Crippen molar-refractivity contribution < 1.29 is 29.2 Å². The van der Waals surface area contributed by atoms with E-state index < -0.39 is 41.4 Å². The van der Waals surface area contributed by atoms with Gasteiger partial charge in [0.05, 0.1) is 0 Å². The molecule has 1 unspecified atom stereocenters. The molecule has 200 valence electrons. The van der Waals surface area contributed by atoms with E-state index in [1.807, 2.05) is 30.3 Å². The summed E-state index contributed by atoms with van der Waals surface area (Å²) in [5.41, 5.74) is 1.28. The molecule has 5 N–H and O–H groups in total. The Morgan fingerprint density at radius 1 is 1.11 bits per heavy atom. The number of benzene rings is 1. The highest BCUT2D eigenvalue weighted by Crippen LogP contribution is 2.47. The molecule has 5 amide bonds. The van der Waals surface area contributed by atoms with Crippen LogP contribution in [0.5, 0.6) is 0 Å². The Bertz CT molecular complexity index is 1050. The molecule has 2 heterocycles. The summed E-state index contributed by atoms with van der Waals surface area (Å²) in [6.07, 6.45) is 3.70. The Morgan fingerprint density at radius 3 is 2.59 bits per heavy atom. The predicted molar refractivity (Wildman–Crippen MR) is 132 cm³/mol. The minimum Gasteiger partial charge on any atom is -0.343 e. The molecule has 1 saturated carbocycles. The molecule has 2 aliphatic heterocycles. The van der Waals surface area contributed by atoms with Crippen LogP contribution >= 0.6 is 0 Å². The van der Waals surface area contributed by atoms with Gasteiger partial charge in [-0.1, -0.05) is 36.8 Å². The number of rotatable bonds is 7. The first-order valence-electron chi connectivity index (χ1n) is 13.0. The number of hydrogen-bond donors (Lipinski definition) is 5. The monoisotopic (exact) mass is 513 g/mol. The third-order valence-corrected chi connectivity index (χ3v) is 7.66. The van der Waals surface area contributed by atoms with Crippen LogP contribution in [0.15, 0.2) is 30.3 Å². The van der Waals surface area contributed by atoms with Gasteiger partial charge in [-0.3, -0.25) is 29.2 Å². The van der Waals surface area contributed by atoms with Gasteiger partial charge in [0.25, 0.3) is 0 Å². The maximum absolute atomic E-state index is 13.7. The summed E-state index contributed by atoms with van der Waals surface area (Å²) in [5, 5.41) is 17.2. The van der Waals surface area contributed by atoms with Crippen LogP contribution in [0.2, 0.25) is 0 Å². The van der Waals surface area contributed by atoms with Crippen molar-refractivity contribution in [2.45, 2.75) is 82.0 Å². The van der Waals surface area contributed by atoms with Crippen LogP contribution in [0.25, 0.3) is 0 Å². The van der Waals surface area contributed by atoms with E-state index in [0.717, 1.165) is 5.56 Å². The molecule has 1 spiro atoms. The molecule has 11 nitrogen and oxygen atoms in total. The lowest BCUT2D eigenvalue weighted by Gasteiger charge is -2.32. The zero-order valence-corrected chi connectivity index (χ0v) is 21.0. The van der Waals surface area contributed by atoms with Gasteiger partial charge in [-0.15, -0.1) is 0 Å². The summed E-state index contributed by atoms with van der Waals surface area (Å²) < 4.78 is 0. The van der Waals surface area contributed by atoms with Gasteiger partial charge < -0.3 is 20.9 Å². The van der Waals surface area contributed by atoms with Crippen LogP contribution in [0.1, 0.15) is 57.4 Å². The van der Waals surface area contributed by atoms with E-state index in [-0.39, 0.29) is 30.6 Å². The smallest absolute Gasteiger partial charge is 0.246 e. The summed E-state index contributed by atoms with van der Waals surface area (Å²) in [5.74, 6) is -2.19. The average molecular weight is 514 g/mol. The minimum absolute atomic E-state index is 0.158. The maximum Gasteiger partial charge on any atom is 0.246 e. The number of unbranched alkanes of at least 4 members (excludes halogenated alkanes) is 1. The summed E-state index contributed by atoms with van der Waals surface area (Å²) in [4.78, 5) is 66.2. The molecular formula is C26H35N5O6. The molecule has 1 aliphatic carbocycles. The number of fused-ring (bicyclic) bond motifs is 1. The van der Waals surface area contributed by atoms with E-state index in [9.17, 15) is 24.0 Å². The number of hydrogen-bond acceptors (Lipinski definition) is 6. The second kappa shape index (κ2) is 11.3. The zero-order chi connectivity index (χ0) is 26.6. The van der Waals surface area contributed by atoms with E-state index in [1.54, 1.807) is 12.4 Å². The van der Waals surface area contributed by atoms with Crippen molar-refractivity contribution in [2.75, 3.05) is 6.54 Å². The molecule has 0 radical (unpaired) electrons. The molecular weight excluding hydrogens is 478 g/mol. The normalized spacial score (nSPS) is 29.9. The van der Waals surface area contributed by atoms with Crippen molar-refractivity contribution in [3.63, 3.8) is 0 Å². The first-order chi connectivity index (χ1) is 17.7. The lowest BCUT2D eigenvalue weighted by molar-refractivity contribution is -0.143. The molecule has 5 atom stereocenters. The van der Waals surface area contributed by atoms with E-state index in [1.165, 1.54) is 4.90 Å². The summed E-state index contributed by atoms with van der Waals surface area (Å²) >= 11 is 0. The molecule has 3 aliphatic rings. The lowest BCUT2D eigenvalue weighted by atomic mass is 10.0. The van der Waals surface area contributed by atoms with Crippen molar-refractivity contribution in [1.82, 2.24) is 26.3 Å². The van der Waals surface area contributed by atoms with Gasteiger partial charge >= 0.3 is 0 Å². The van der Waals surface area contributed by atoms with E-state index in [0.29, 0.717) is 45.1 Å². The number of carbonyl (C=O) groups excluding carboxylic acids is 5. The average Bonchev–Trinajstić information content (AvgIpc) is 3.35. The summed E-state index contributed by atoms with van der Waals surface area (Å²) in [6, 6.07) is 6.82. The molecule has 2 saturated heterocycles. The summed E-state index contributed by atoms with van der Waals surface area (Å²) in [7, 11) is 0. The lowest BCUT2D eigenvalue weighted by Crippen LogP contribution is -2.62. The molecule has 3 fully saturated rings. The van der Waals surface area contributed by atoms with E-state index >= 15 is 0 Å². The molecule has 0 bridgehead atoms. The van der Waals surface area contributed by atoms with Gasteiger partial charge in [0.15, 0.2) is 0 Å². The Morgan fingerprint density at radius 2 is 1.86 bits per heavy atom. The van der Waals surface area contributed by atoms with Gasteiger partial charge in [0.2, 0.25) is 29.5 Å². The second-order valence-electron chi connectivity index (χ2n) is 10.3. The largest absolute Gasteiger partial charge is 0.343 e. The van der Waals surface area contributed by atoms with E-state index in [2.05, 4.69) is 16.0 Å². The molecule has 1 aromatic carbocycles. The topological polar surface area (TPSA) is 157 Å². The number of nitrogens with one attached hydrogen (secondary N) is 4. The van der Waals surface area contributed by atoms with Gasteiger partial charge in [-0.25, -0.2) is 5.48 Å². The van der Waals surface area contributed by atoms with Crippen LogP contribution < -0.4 is 21.4 Å². The number of nitrogens with zero attached hydrogens (tertiary/aromatic N) is 1. The molecule has 1 aromatic rings. The van der Waals surface area contributed by atoms with Crippen LogP contribution in [-0.4, -0.2) is 69.9 Å². The van der Waals surface area contributed by atoms with Gasteiger partial charge in [-0.2, -0.15) is 0 Å². The van der Waals surface area contributed by atoms with Gasteiger partial charge in [0.1, 0.15) is 23.7 Å². The van der Waals surface area contributed by atoms with Crippen molar-refractivity contribution >= 4 is 29.5 Å². The van der Waals surface area contributed by atoms with Crippen LogP contribution in [0.4, 0.5) is 0 Å². The highest BCUT2D eigenvalue weighted by atomic mass is 16.5. The fourth-order valence-corrected chi connectivity index (χ4v) is 5.48. The second-order valence-corrected chi connectivity index (χ2v) is 10.3. The Kier molecular flexibility index (Phi) is 8.11. The number of amides is 5. The van der Waals surface area contributed by atoms with Crippen LogP contribution in [0, 0.1) is 5.92 Å². The minimum atomic E-state index is -1.17. The van der Waals surface area contributed by atoms with Crippen LogP contribution in [0.3, 0.4) is 0 Å². The third kappa shape index (κ3) is 5.93. The predicted octanol–water partition coefficient (Wildman–Crippen LogP) is 0.164. The fourth-order valence-electron chi connectivity index (χ4n) is 5.48. The summed E-state index contributed by atoms with van der Waals surface area (Å²) in [6.45, 7) is 2.01. The van der Waals surface area contributed by atoms with Crippen LogP contribution in [-0.2, 0) is 30.4 Å². The first kappa shape index (κ1) is 26.6. The van der Waals surface area contributed by atoms with Crippen molar-refractivity contribution in [3.05, 3.63) is 35.9 Å². The Hall–Kier alpha value is -3.47. The molecule has 37 heavy (non-hydrogen) atoms. The fraction of sp³-hybridized carbons (Fsp3) is 0.577. The number of hydroxylamine groups is 1. The Labute approximate surface area is 215 Å². The first-order valence-corrected chi connectivity index (χ1v) is 13.0. The Balaban J connectivity index is 1.56. The van der Waals surface area contributed by atoms with Gasteiger partial charge in [0, 0.05) is 19.4 Å².